The molecule has 0 aliphatic heterocycles. The van der Waals surface area contributed by atoms with E-state index in [1.807, 2.05) is 48.5 Å². The van der Waals surface area contributed by atoms with E-state index >= 15 is 0 Å². The van der Waals surface area contributed by atoms with E-state index in [1.54, 1.807) is 13.2 Å². The van der Waals surface area contributed by atoms with Crippen molar-refractivity contribution in [1.29, 1.82) is 0 Å². The Morgan fingerprint density at radius 3 is 2.67 bits per heavy atom. The maximum Gasteiger partial charge on any atom is 0.248 e. The summed E-state index contributed by atoms with van der Waals surface area (Å²) in [4.78, 5) is 17.0. The van der Waals surface area contributed by atoms with Crippen LogP contribution in [0.3, 0.4) is 0 Å². The summed E-state index contributed by atoms with van der Waals surface area (Å²) in [6.45, 7) is 4.39. The molecular weight excluding hydrogens is 480 g/mol. The second-order valence-corrected chi connectivity index (χ2v) is 8.76. The number of anilines is 1. The van der Waals surface area contributed by atoms with Crippen molar-refractivity contribution in [3.8, 4) is 17.2 Å². The molecule has 0 bridgehead atoms. The summed E-state index contributed by atoms with van der Waals surface area (Å²) in [6, 6.07) is 19.2. The quantitative estimate of drug-likeness (QED) is 0.265. The van der Waals surface area contributed by atoms with Crippen LogP contribution in [0.15, 0.2) is 75.6 Å². The van der Waals surface area contributed by atoms with Crippen molar-refractivity contribution in [2.75, 3.05) is 12.4 Å². The van der Waals surface area contributed by atoms with Gasteiger partial charge in [0.1, 0.15) is 11.3 Å². The first-order chi connectivity index (χ1) is 16.0. The van der Waals surface area contributed by atoms with E-state index in [0.717, 1.165) is 33.1 Å². The zero-order chi connectivity index (χ0) is 23.4. The van der Waals surface area contributed by atoms with Gasteiger partial charge in [-0.15, -0.1) is 0 Å². The molecule has 4 rings (SSSR count). The summed E-state index contributed by atoms with van der Waals surface area (Å²) in [5, 5.41) is 2.87. The molecule has 0 saturated carbocycles. The minimum atomic E-state index is -0.232. The van der Waals surface area contributed by atoms with E-state index in [9.17, 15) is 4.79 Å². The molecule has 0 unspecified atom stereocenters. The molecule has 4 aromatic rings. The third kappa shape index (κ3) is 5.34. The molecule has 1 aromatic heterocycles. The average molecular weight is 505 g/mol. The second-order valence-electron chi connectivity index (χ2n) is 7.84. The summed E-state index contributed by atoms with van der Waals surface area (Å²) in [5.41, 5.74) is 5.23. The Morgan fingerprint density at radius 1 is 1.15 bits per heavy atom. The first-order valence-corrected chi connectivity index (χ1v) is 11.6. The predicted molar refractivity (Wildman–Crippen MR) is 137 cm³/mol. The summed E-state index contributed by atoms with van der Waals surface area (Å²) >= 11 is 3.43. The van der Waals surface area contributed by atoms with E-state index < -0.39 is 0 Å². The highest BCUT2D eigenvalue weighted by molar-refractivity contribution is 9.10. The lowest BCUT2D eigenvalue weighted by atomic mass is 9.98. The van der Waals surface area contributed by atoms with Crippen LogP contribution < -0.4 is 10.1 Å². The van der Waals surface area contributed by atoms with Gasteiger partial charge in [-0.1, -0.05) is 35.8 Å². The van der Waals surface area contributed by atoms with Gasteiger partial charge >= 0.3 is 0 Å². The second kappa shape index (κ2) is 10.0. The Hall–Kier alpha value is -3.38. The van der Waals surface area contributed by atoms with Gasteiger partial charge in [0.15, 0.2) is 5.58 Å². The lowest BCUT2D eigenvalue weighted by Crippen LogP contribution is -2.07. The van der Waals surface area contributed by atoms with Crippen molar-refractivity contribution in [3.05, 3.63) is 82.3 Å². The molecule has 0 spiro atoms. The number of benzene rings is 3. The van der Waals surface area contributed by atoms with Crippen LogP contribution in [-0.4, -0.2) is 18.0 Å². The summed E-state index contributed by atoms with van der Waals surface area (Å²) in [7, 11) is 1.60. The van der Waals surface area contributed by atoms with Crippen molar-refractivity contribution in [2.24, 2.45) is 0 Å². The SMILES string of the molecule is CC[C@H](C)c1ccc2oc(-c3ccc(NC(=O)/C=C/c4cc(Br)ccc4OC)cc3)nc2c1. The van der Waals surface area contributed by atoms with E-state index in [2.05, 4.69) is 52.2 Å². The number of amides is 1. The molecule has 1 heterocycles. The number of aromatic nitrogens is 1. The largest absolute Gasteiger partial charge is 0.496 e. The van der Waals surface area contributed by atoms with Crippen LogP contribution >= 0.6 is 15.9 Å². The van der Waals surface area contributed by atoms with Gasteiger partial charge in [-0.3, -0.25) is 4.79 Å². The molecule has 0 fully saturated rings. The van der Waals surface area contributed by atoms with Crippen molar-refractivity contribution in [1.82, 2.24) is 4.98 Å². The Bertz CT molecular complexity index is 1310. The molecule has 6 heteroatoms. The lowest BCUT2D eigenvalue weighted by molar-refractivity contribution is -0.111. The molecule has 168 valence electrons. The van der Waals surface area contributed by atoms with Gasteiger partial charge in [-0.2, -0.15) is 0 Å². The van der Waals surface area contributed by atoms with Crippen molar-refractivity contribution < 1.29 is 13.9 Å². The topological polar surface area (TPSA) is 64.4 Å². The number of oxazole rings is 1. The van der Waals surface area contributed by atoms with Crippen LogP contribution in [-0.2, 0) is 4.79 Å². The van der Waals surface area contributed by atoms with Gasteiger partial charge in [0, 0.05) is 27.4 Å². The summed E-state index contributed by atoms with van der Waals surface area (Å²) in [6.07, 6.45) is 4.28. The highest BCUT2D eigenvalue weighted by Crippen LogP contribution is 2.29. The highest BCUT2D eigenvalue weighted by atomic mass is 79.9. The third-order valence-electron chi connectivity index (χ3n) is 5.60. The molecule has 5 nitrogen and oxygen atoms in total. The van der Waals surface area contributed by atoms with Crippen LogP contribution in [0.2, 0.25) is 0 Å². The minimum absolute atomic E-state index is 0.232. The number of ether oxygens (including phenoxy) is 1. The Kier molecular flexibility index (Phi) is 6.94. The molecule has 3 aromatic carbocycles. The number of halogens is 1. The van der Waals surface area contributed by atoms with Gasteiger partial charge in [0.25, 0.3) is 0 Å². The van der Waals surface area contributed by atoms with Crippen LogP contribution in [0.25, 0.3) is 28.6 Å². The zero-order valence-corrected chi connectivity index (χ0v) is 20.3. The van der Waals surface area contributed by atoms with E-state index in [-0.39, 0.29) is 5.91 Å². The first-order valence-electron chi connectivity index (χ1n) is 10.8. The standard InChI is InChI=1S/C27H25BrN2O3/c1-4-17(2)19-7-12-25-23(16-19)30-27(33-25)18-5-10-22(11-6-18)29-26(31)14-8-20-15-21(28)9-13-24(20)32-3/h5-17H,4H2,1-3H3,(H,29,31)/b14-8+/t17-/m0/s1. The molecular formula is C27H25BrN2O3. The van der Waals surface area contributed by atoms with E-state index in [0.29, 0.717) is 23.2 Å². The summed E-state index contributed by atoms with van der Waals surface area (Å²) in [5.74, 6) is 1.51. The molecule has 1 atom stereocenters. The number of methoxy groups -OCH3 is 1. The van der Waals surface area contributed by atoms with Crippen LogP contribution in [0.4, 0.5) is 5.69 Å². The average Bonchev–Trinajstić information content (AvgIpc) is 3.26. The van der Waals surface area contributed by atoms with Crippen LogP contribution in [0.5, 0.6) is 5.75 Å². The fraction of sp³-hybridized carbons (Fsp3) is 0.185. The van der Waals surface area contributed by atoms with Gasteiger partial charge in [-0.05, 0) is 78.6 Å². The molecule has 0 aliphatic carbocycles. The van der Waals surface area contributed by atoms with Crippen LogP contribution in [0, 0.1) is 0 Å². The Morgan fingerprint density at radius 2 is 1.94 bits per heavy atom. The number of carbonyl (C=O) groups is 1. The first kappa shape index (κ1) is 22.8. The van der Waals surface area contributed by atoms with Gasteiger partial charge in [0.2, 0.25) is 11.8 Å². The number of carbonyl (C=O) groups excluding carboxylic acids is 1. The fourth-order valence-corrected chi connectivity index (χ4v) is 3.87. The maximum atomic E-state index is 12.4. The molecule has 1 amide bonds. The fourth-order valence-electron chi connectivity index (χ4n) is 3.49. The zero-order valence-electron chi connectivity index (χ0n) is 18.8. The van der Waals surface area contributed by atoms with Gasteiger partial charge < -0.3 is 14.5 Å². The third-order valence-corrected chi connectivity index (χ3v) is 6.09. The van der Waals surface area contributed by atoms with Crippen molar-refractivity contribution in [3.63, 3.8) is 0 Å². The predicted octanol–water partition coefficient (Wildman–Crippen LogP) is 7.43. The molecule has 0 saturated heterocycles. The van der Waals surface area contributed by atoms with Crippen LogP contribution in [0.1, 0.15) is 37.3 Å². The lowest BCUT2D eigenvalue weighted by Gasteiger charge is -2.07. The number of fused-ring (bicyclic) bond motifs is 1. The monoisotopic (exact) mass is 504 g/mol. The number of nitrogens with zero attached hydrogens (tertiary/aromatic N) is 1. The molecule has 1 N–H and O–H groups in total. The van der Waals surface area contributed by atoms with Gasteiger partial charge in [-0.25, -0.2) is 4.98 Å². The van der Waals surface area contributed by atoms with E-state index in [4.69, 9.17) is 9.15 Å². The number of hydrogen-bond acceptors (Lipinski definition) is 4. The van der Waals surface area contributed by atoms with Crippen molar-refractivity contribution in [2.45, 2.75) is 26.2 Å². The van der Waals surface area contributed by atoms with Crippen molar-refractivity contribution >= 4 is 44.7 Å². The Balaban J connectivity index is 1.46. The smallest absolute Gasteiger partial charge is 0.248 e. The normalized spacial score (nSPS) is 12.2. The molecule has 0 aliphatic rings. The van der Waals surface area contributed by atoms with E-state index in [1.165, 1.54) is 11.6 Å². The minimum Gasteiger partial charge on any atom is -0.496 e. The van der Waals surface area contributed by atoms with Gasteiger partial charge in [0.05, 0.1) is 7.11 Å². The maximum absolute atomic E-state index is 12.4. The Labute approximate surface area is 201 Å². The summed E-state index contributed by atoms with van der Waals surface area (Å²) < 4.78 is 12.2. The molecule has 0 radical (unpaired) electrons. The molecule has 33 heavy (non-hydrogen) atoms. The number of nitrogens with one attached hydrogen (secondary N) is 1. The number of rotatable bonds is 7. The highest BCUT2D eigenvalue weighted by Gasteiger charge is 2.11. The number of hydrogen-bond donors (Lipinski definition) is 1.